The molecule has 0 aliphatic rings. The lowest BCUT2D eigenvalue weighted by Crippen LogP contribution is -2.12. The van der Waals surface area contributed by atoms with Crippen LogP contribution in [0.1, 0.15) is 35.4 Å². The fourth-order valence-corrected chi connectivity index (χ4v) is 3.16. The summed E-state index contributed by atoms with van der Waals surface area (Å²) in [5.41, 5.74) is 0.512. The van der Waals surface area contributed by atoms with Crippen LogP contribution >= 0.6 is 34.5 Å². The van der Waals surface area contributed by atoms with Crippen LogP contribution in [0.4, 0.5) is 5.69 Å². The van der Waals surface area contributed by atoms with Crippen LogP contribution in [0.15, 0.2) is 18.2 Å². The number of halogens is 2. The lowest BCUT2D eigenvalue weighted by atomic mass is 10.2. The molecule has 1 amide bonds. The molecule has 6 nitrogen and oxygen atoms in total. The van der Waals surface area contributed by atoms with E-state index in [9.17, 15) is 4.79 Å². The van der Waals surface area contributed by atoms with Crippen molar-refractivity contribution in [3.05, 3.63) is 39.1 Å². The summed E-state index contributed by atoms with van der Waals surface area (Å²) >= 11 is 13.0. The number of amides is 1. The van der Waals surface area contributed by atoms with Crippen molar-refractivity contribution in [2.45, 2.75) is 19.8 Å². The monoisotopic (exact) mass is 355 g/mol. The topological polar surface area (TPSA) is 72.2 Å². The van der Waals surface area contributed by atoms with E-state index in [1.165, 1.54) is 11.3 Å². The standard InChI is InChI=1S/C13H11Cl2N5OS/c1-6(2)10-17-18-13-20(10)19-12(22-13)11(21)16-9-4-7(14)3-8(15)5-9/h3-6H,1-2H3,(H,16,21). The normalized spacial score (nSPS) is 11.3. The number of carbonyl (C=O) groups is 1. The van der Waals surface area contributed by atoms with Gasteiger partial charge >= 0.3 is 0 Å². The molecule has 0 atom stereocenters. The largest absolute Gasteiger partial charge is 0.320 e. The maximum atomic E-state index is 12.3. The predicted octanol–water partition coefficient (Wildman–Crippen LogP) is 3.87. The van der Waals surface area contributed by atoms with Crippen molar-refractivity contribution in [2.75, 3.05) is 5.32 Å². The molecule has 3 aromatic rings. The van der Waals surface area contributed by atoms with Crippen LogP contribution in [-0.4, -0.2) is 25.7 Å². The zero-order chi connectivity index (χ0) is 15.9. The molecule has 0 saturated carbocycles. The fraction of sp³-hybridized carbons (Fsp3) is 0.231. The van der Waals surface area contributed by atoms with Gasteiger partial charge in [-0.05, 0) is 18.2 Å². The fourth-order valence-electron chi connectivity index (χ4n) is 1.89. The van der Waals surface area contributed by atoms with E-state index in [-0.39, 0.29) is 11.8 Å². The average molecular weight is 356 g/mol. The van der Waals surface area contributed by atoms with E-state index in [1.807, 2.05) is 13.8 Å². The molecule has 1 N–H and O–H groups in total. The van der Waals surface area contributed by atoms with Crippen LogP contribution in [0.2, 0.25) is 10.0 Å². The summed E-state index contributed by atoms with van der Waals surface area (Å²) in [7, 11) is 0. The van der Waals surface area contributed by atoms with Crippen LogP contribution < -0.4 is 5.32 Å². The van der Waals surface area contributed by atoms with Gasteiger partial charge in [-0.2, -0.15) is 4.52 Å². The highest BCUT2D eigenvalue weighted by Gasteiger charge is 2.18. The molecule has 22 heavy (non-hydrogen) atoms. The number of anilines is 1. The Kier molecular flexibility index (Phi) is 4.03. The second-order valence-electron chi connectivity index (χ2n) is 4.93. The molecular weight excluding hydrogens is 345 g/mol. The first-order valence-corrected chi connectivity index (χ1v) is 8.01. The van der Waals surface area contributed by atoms with Crippen LogP contribution in [0, 0.1) is 0 Å². The zero-order valence-corrected chi connectivity index (χ0v) is 14.0. The van der Waals surface area contributed by atoms with Gasteiger partial charge < -0.3 is 5.32 Å². The van der Waals surface area contributed by atoms with Crippen LogP contribution in [0.3, 0.4) is 0 Å². The quantitative estimate of drug-likeness (QED) is 0.773. The number of nitrogens with zero attached hydrogens (tertiary/aromatic N) is 4. The van der Waals surface area contributed by atoms with Crippen LogP contribution in [0.5, 0.6) is 0 Å². The van der Waals surface area contributed by atoms with E-state index in [1.54, 1.807) is 22.7 Å². The van der Waals surface area contributed by atoms with Crippen molar-refractivity contribution in [1.29, 1.82) is 0 Å². The molecule has 0 saturated heterocycles. The van der Waals surface area contributed by atoms with Gasteiger partial charge in [-0.3, -0.25) is 4.79 Å². The van der Waals surface area contributed by atoms with Gasteiger partial charge in [0.05, 0.1) is 0 Å². The average Bonchev–Trinajstić information content (AvgIpc) is 2.95. The molecule has 0 aliphatic heterocycles. The van der Waals surface area contributed by atoms with Gasteiger partial charge in [-0.15, -0.1) is 15.3 Å². The van der Waals surface area contributed by atoms with Gasteiger partial charge in [0.15, 0.2) is 5.82 Å². The van der Waals surface area contributed by atoms with Crippen LogP contribution in [0.25, 0.3) is 4.96 Å². The number of hydrogen-bond acceptors (Lipinski definition) is 5. The lowest BCUT2D eigenvalue weighted by Gasteiger charge is -2.04. The molecule has 0 radical (unpaired) electrons. The number of benzene rings is 1. The smallest absolute Gasteiger partial charge is 0.286 e. The molecule has 114 valence electrons. The Hall–Kier alpha value is -1.70. The summed E-state index contributed by atoms with van der Waals surface area (Å²) in [6, 6.07) is 4.83. The number of rotatable bonds is 3. The summed E-state index contributed by atoms with van der Waals surface area (Å²) in [4.78, 5) is 12.9. The van der Waals surface area contributed by atoms with Crippen molar-refractivity contribution in [3.8, 4) is 0 Å². The van der Waals surface area contributed by atoms with E-state index in [2.05, 4.69) is 20.6 Å². The minimum absolute atomic E-state index is 0.166. The third kappa shape index (κ3) is 2.92. The first-order valence-electron chi connectivity index (χ1n) is 6.43. The van der Waals surface area contributed by atoms with Crippen molar-refractivity contribution < 1.29 is 4.79 Å². The van der Waals surface area contributed by atoms with Crippen molar-refractivity contribution in [1.82, 2.24) is 19.8 Å². The summed E-state index contributed by atoms with van der Waals surface area (Å²) < 4.78 is 1.59. The summed E-state index contributed by atoms with van der Waals surface area (Å²) in [6.07, 6.45) is 0. The Balaban J connectivity index is 1.88. The van der Waals surface area contributed by atoms with Gasteiger partial charge in [0, 0.05) is 21.7 Å². The van der Waals surface area contributed by atoms with Gasteiger partial charge in [-0.25, -0.2) is 0 Å². The molecule has 0 bridgehead atoms. The summed E-state index contributed by atoms with van der Waals surface area (Å²) in [5.74, 6) is 0.541. The first kappa shape index (κ1) is 15.2. The molecule has 2 heterocycles. The Labute approximate surface area is 140 Å². The second-order valence-corrected chi connectivity index (χ2v) is 6.76. The van der Waals surface area contributed by atoms with E-state index >= 15 is 0 Å². The Bertz CT molecular complexity index is 837. The van der Waals surface area contributed by atoms with Gasteiger partial charge in [0.1, 0.15) is 0 Å². The second kappa shape index (κ2) is 5.83. The maximum absolute atomic E-state index is 12.3. The Morgan fingerprint density at radius 1 is 1.23 bits per heavy atom. The first-order chi connectivity index (χ1) is 10.4. The van der Waals surface area contributed by atoms with Crippen molar-refractivity contribution >= 4 is 51.1 Å². The minimum Gasteiger partial charge on any atom is -0.320 e. The molecule has 0 unspecified atom stereocenters. The van der Waals surface area contributed by atoms with E-state index in [0.717, 1.165) is 5.82 Å². The molecular formula is C13H11Cl2N5OS. The predicted molar refractivity (Wildman–Crippen MR) is 87.2 cm³/mol. The highest BCUT2D eigenvalue weighted by atomic mass is 35.5. The molecule has 0 aliphatic carbocycles. The van der Waals surface area contributed by atoms with E-state index in [4.69, 9.17) is 23.2 Å². The number of nitrogens with one attached hydrogen (secondary N) is 1. The van der Waals surface area contributed by atoms with Crippen molar-refractivity contribution in [2.24, 2.45) is 0 Å². The Morgan fingerprint density at radius 2 is 1.91 bits per heavy atom. The molecule has 0 fully saturated rings. The van der Waals surface area contributed by atoms with Gasteiger partial charge in [0.25, 0.3) is 5.91 Å². The maximum Gasteiger partial charge on any atom is 0.286 e. The van der Waals surface area contributed by atoms with E-state index < -0.39 is 0 Å². The molecule has 2 aromatic heterocycles. The minimum atomic E-state index is -0.344. The number of hydrogen-bond donors (Lipinski definition) is 1. The van der Waals surface area contributed by atoms with Crippen molar-refractivity contribution in [3.63, 3.8) is 0 Å². The molecule has 3 rings (SSSR count). The highest BCUT2D eigenvalue weighted by molar-refractivity contribution is 7.18. The Morgan fingerprint density at radius 3 is 2.55 bits per heavy atom. The number of fused-ring (bicyclic) bond motifs is 1. The number of carbonyl (C=O) groups excluding carboxylic acids is 1. The molecule has 1 aromatic carbocycles. The SMILES string of the molecule is CC(C)c1nnc2sc(C(=O)Nc3cc(Cl)cc(Cl)c3)nn12. The summed E-state index contributed by atoms with van der Waals surface area (Å²) in [5, 5.41) is 16.3. The van der Waals surface area contributed by atoms with Gasteiger partial charge in [0.2, 0.25) is 9.97 Å². The molecule has 0 spiro atoms. The third-order valence-electron chi connectivity index (χ3n) is 2.85. The third-order valence-corrected chi connectivity index (χ3v) is 4.18. The van der Waals surface area contributed by atoms with Gasteiger partial charge in [-0.1, -0.05) is 48.4 Å². The zero-order valence-electron chi connectivity index (χ0n) is 11.7. The summed E-state index contributed by atoms with van der Waals surface area (Å²) in [6.45, 7) is 3.98. The van der Waals surface area contributed by atoms with Crippen LogP contribution in [-0.2, 0) is 0 Å². The highest BCUT2D eigenvalue weighted by Crippen LogP contribution is 2.24. The lowest BCUT2D eigenvalue weighted by molar-refractivity contribution is 0.102. The van der Waals surface area contributed by atoms with E-state index in [0.29, 0.717) is 25.7 Å². The molecule has 9 heteroatoms. The number of aromatic nitrogens is 4.